The predicted octanol–water partition coefficient (Wildman–Crippen LogP) is 2.33. The summed E-state index contributed by atoms with van der Waals surface area (Å²) in [6, 6.07) is 4.20. The Labute approximate surface area is 154 Å². The molecule has 1 saturated heterocycles. The molecule has 0 bridgehead atoms. The van der Waals surface area contributed by atoms with Crippen molar-refractivity contribution in [2.45, 2.75) is 56.9 Å². The van der Waals surface area contributed by atoms with Gasteiger partial charge in [0.2, 0.25) is 5.91 Å². The molecule has 0 radical (unpaired) electrons. The summed E-state index contributed by atoms with van der Waals surface area (Å²) in [4.78, 5) is 26.7. The van der Waals surface area contributed by atoms with Crippen LogP contribution in [0, 0.1) is 5.92 Å². The number of fused-ring (bicyclic) bond motifs is 1. The highest BCUT2D eigenvalue weighted by Gasteiger charge is 2.35. The summed E-state index contributed by atoms with van der Waals surface area (Å²) in [5.74, 6) is 0.266. The lowest BCUT2D eigenvalue weighted by molar-refractivity contribution is -0.117. The maximum atomic E-state index is 12.4. The van der Waals surface area contributed by atoms with Crippen molar-refractivity contribution in [1.82, 2.24) is 0 Å². The number of hydrogen-bond acceptors (Lipinski definition) is 4. The van der Waals surface area contributed by atoms with Crippen LogP contribution in [0.2, 0.25) is 0 Å². The first kappa shape index (κ1) is 17.3. The monoisotopic (exact) mass is 356 g/mol. The van der Waals surface area contributed by atoms with Crippen molar-refractivity contribution in [2.75, 3.05) is 23.3 Å². The van der Waals surface area contributed by atoms with Crippen molar-refractivity contribution in [1.29, 1.82) is 0 Å². The van der Waals surface area contributed by atoms with Gasteiger partial charge in [-0.25, -0.2) is 0 Å². The summed E-state index contributed by atoms with van der Waals surface area (Å²) in [6.07, 6.45) is 6.81. The topological polar surface area (TPSA) is 101 Å². The maximum absolute atomic E-state index is 12.4. The zero-order chi connectivity index (χ0) is 18.3. The van der Waals surface area contributed by atoms with Crippen LogP contribution in [0.3, 0.4) is 0 Å². The average molecular weight is 356 g/mol. The minimum absolute atomic E-state index is 0.0663. The van der Waals surface area contributed by atoms with E-state index in [2.05, 4.69) is 10.2 Å². The van der Waals surface area contributed by atoms with Crippen LogP contribution in [0.1, 0.15) is 66.8 Å². The first-order valence-electron chi connectivity index (χ1n) is 9.81. The van der Waals surface area contributed by atoms with Crippen LogP contribution in [0.5, 0.6) is 0 Å². The highest BCUT2D eigenvalue weighted by molar-refractivity contribution is 6.02. The van der Waals surface area contributed by atoms with Crippen molar-refractivity contribution in [3.8, 4) is 0 Å². The molecule has 0 aromatic heterocycles. The van der Waals surface area contributed by atoms with Gasteiger partial charge in [0.15, 0.2) is 0 Å². The third-order valence-corrected chi connectivity index (χ3v) is 6.34. The zero-order valence-electron chi connectivity index (χ0n) is 15.2. The number of hydrogen-bond donors (Lipinski definition) is 3. The zero-order valence-corrected chi connectivity index (χ0v) is 15.2. The number of primary amides is 1. The molecule has 6 nitrogen and oxygen atoms in total. The number of rotatable bonds is 3. The molecule has 0 unspecified atom stereocenters. The van der Waals surface area contributed by atoms with Crippen LogP contribution in [0.25, 0.3) is 0 Å². The van der Waals surface area contributed by atoms with Crippen LogP contribution in [0.15, 0.2) is 12.1 Å². The van der Waals surface area contributed by atoms with Gasteiger partial charge < -0.3 is 21.7 Å². The molecule has 2 aliphatic heterocycles. The maximum Gasteiger partial charge on any atom is 0.250 e. The van der Waals surface area contributed by atoms with Crippen molar-refractivity contribution in [3.63, 3.8) is 0 Å². The largest absolute Gasteiger partial charge is 0.371 e. The number of nitrogens with two attached hydrogens (primary N) is 2. The Hall–Kier alpha value is -2.08. The number of nitrogens with zero attached hydrogens (tertiary/aromatic N) is 1. The van der Waals surface area contributed by atoms with Crippen LogP contribution in [-0.4, -0.2) is 30.9 Å². The average Bonchev–Trinajstić information content (AvgIpc) is 3.15. The molecule has 1 aromatic rings. The van der Waals surface area contributed by atoms with Crippen molar-refractivity contribution in [3.05, 3.63) is 23.3 Å². The minimum atomic E-state index is -0.393. The van der Waals surface area contributed by atoms with Crippen molar-refractivity contribution < 1.29 is 9.59 Å². The number of nitrogens with one attached hydrogen (secondary N) is 1. The standard InChI is InChI=1S/C20H28N4O2/c21-13-5-3-12(4-6-13)14-10-19(25)23-17-11-18(24-7-1-2-8-24)16(20(22)26)9-15(14)17/h9,11-14H,1-8,10,21H2,(H2,22,26)(H,23,25)/t12?,13?,14-/m1/s1. The highest BCUT2D eigenvalue weighted by atomic mass is 16.2. The van der Waals surface area contributed by atoms with Crippen molar-refractivity contribution in [2.24, 2.45) is 17.4 Å². The highest BCUT2D eigenvalue weighted by Crippen LogP contribution is 2.45. The summed E-state index contributed by atoms with van der Waals surface area (Å²) in [5.41, 5.74) is 15.1. The van der Waals surface area contributed by atoms with Gasteiger partial charge in [0.25, 0.3) is 5.91 Å². The molecule has 0 spiro atoms. The summed E-state index contributed by atoms with van der Waals surface area (Å²) in [5, 5.41) is 3.03. The van der Waals surface area contributed by atoms with Gasteiger partial charge in [-0.3, -0.25) is 9.59 Å². The van der Waals surface area contributed by atoms with E-state index in [0.717, 1.165) is 68.6 Å². The Morgan fingerprint density at radius 3 is 2.46 bits per heavy atom. The Balaban J connectivity index is 1.73. The van der Waals surface area contributed by atoms with Gasteiger partial charge in [0.1, 0.15) is 0 Å². The minimum Gasteiger partial charge on any atom is -0.371 e. The first-order valence-corrected chi connectivity index (χ1v) is 9.81. The van der Waals surface area contributed by atoms with E-state index in [1.54, 1.807) is 0 Å². The number of carbonyl (C=O) groups excluding carboxylic acids is 2. The summed E-state index contributed by atoms with van der Waals surface area (Å²) < 4.78 is 0. The van der Waals surface area contributed by atoms with E-state index in [1.165, 1.54) is 0 Å². The van der Waals surface area contributed by atoms with Gasteiger partial charge in [0.05, 0.1) is 11.3 Å². The molecule has 2 fully saturated rings. The lowest BCUT2D eigenvalue weighted by atomic mass is 9.72. The van der Waals surface area contributed by atoms with E-state index in [1.807, 2.05) is 12.1 Å². The van der Waals surface area contributed by atoms with E-state index >= 15 is 0 Å². The third-order valence-electron chi connectivity index (χ3n) is 6.34. The molecular formula is C20H28N4O2. The molecular weight excluding hydrogens is 328 g/mol. The van der Waals surface area contributed by atoms with E-state index in [9.17, 15) is 9.59 Å². The molecule has 1 atom stereocenters. The number of amides is 2. The number of carbonyl (C=O) groups is 2. The second-order valence-electron chi connectivity index (χ2n) is 8.05. The van der Waals surface area contributed by atoms with Crippen LogP contribution < -0.4 is 21.7 Å². The Morgan fingerprint density at radius 1 is 1.12 bits per heavy atom. The summed E-state index contributed by atoms with van der Waals surface area (Å²) in [6.45, 7) is 1.86. The van der Waals surface area contributed by atoms with Gasteiger partial charge in [0, 0.05) is 31.2 Å². The molecule has 3 aliphatic rings. The van der Waals surface area contributed by atoms with E-state index in [0.29, 0.717) is 17.9 Å². The van der Waals surface area contributed by atoms with Gasteiger partial charge in [-0.05, 0) is 68.1 Å². The van der Waals surface area contributed by atoms with Gasteiger partial charge in [-0.15, -0.1) is 0 Å². The fourth-order valence-electron chi connectivity index (χ4n) is 4.92. The molecule has 26 heavy (non-hydrogen) atoms. The normalized spacial score (nSPS) is 28.6. The predicted molar refractivity (Wildman–Crippen MR) is 102 cm³/mol. The van der Waals surface area contributed by atoms with E-state index in [4.69, 9.17) is 11.5 Å². The molecule has 1 saturated carbocycles. The van der Waals surface area contributed by atoms with Gasteiger partial charge in [-0.1, -0.05) is 0 Å². The first-order chi connectivity index (χ1) is 12.5. The molecule has 5 N–H and O–H groups in total. The molecule has 4 rings (SSSR count). The van der Waals surface area contributed by atoms with Crippen LogP contribution in [0.4, 0.5) is 11.4 Å². The second-order valence-corrected chi connectivity index (χ2v) is 8.05. The van der Waals surface area contributed by atoms with Crippen molar-refractivity contribution >= 4 is 23.2 Å². The fraction of sp³-hybridized carbons (Fsp3) is 0.600. The van der Waals surface area contributed by atoms with E-state index in [-0.39, 0.29) is 17.9 Å². The second kappa shape index (κ2) is 6.91. The number of benzene rings is 1. The molecule has 140 valence electrons. The molecule has 2 amide bonds. The smallest absolute Gasteiger partial charge is 0.250 e. The molecule has 1 aliphatic carbocycles. The van der Waals surface area contributed by atoms with Gasteiger partial charge >= 0.3 is 0 Å². The Morgan fingerprint density at radius 2 is 1.81 bits per heavy atom. The van der Waals surface area contributed by atoms with Crippen LogP contribution in [-0.2, 0) is 4.79 Å². The summed E-state index contributed by atoms with van der Waals surface area (Å²) >= 11 is 0. The van der Waals surface area contributed by atoms with E-state index < -0.39 is 5.91 Å². The van der Waals surface area contributed by atoms with Crippen LogP contribution >= 0.6 is 0 Å². The lowest BCUT2D eigenvalue weighted by Gasteiger charge is -2.36. The lowest BCUT2D eigenvalue weighted by Crippen LogP contribution is -2.33. The Kier molecular flexibility index (Phi) is 4.61. The SMILES string of the molecule is NC(=O)c1cc2c(cc1N1CCCC1)NC(=O)C[C@@H]2C1CCC(N)CC1. The number of anilines is 2. The Bertz CT molecular complexity index is 719. The molecule has 2 heterocycles. The molecule has 1 aromatic carbocycles. The quantitative estimate of drug-likeness (QED) is 0.773. The van der Waals surface area contributed by atoms with Gasteiger partial charge in [-0.2, -0.15) is 0 Å². The third kappa shape index (κ3) is 3.18. The summed E-state index contributed by atoms with van der Waals surface area (Å²) in [7, 11) is 0. The molecule has 6 heteroatoms. The fourth-order valence-corrected chi connectivity index (χ4v) is 4.92.